The number of halogens is 3. The fraction of sp³-hybridized carbons (Fsp3) is 0.125. The standard InChI is InChI=1S/C24H19F3N2O2/c1-31-23(30)20-14-18(24(25,26)27)7-9-21(20)28-19-8-10-22-17(13-19)11-12-29(22)15-16-5-3-2-4-6-16/h2-14,28H,15H2,1H3. The number of nitrogens with zero attached hydrogens (tertiary/aromatic N) is 1. The minimum Gasteiger partial charge on any atom is -0.465 e. The summed E-state index contributed by atoms with van der Waals surface area (Å²) in [5, 5.41) is 4.01. The van der Waals surface area contributed by atoms with Gasteiger partial charge in [-0.2, -0.15) is 13.2 Å². The normalized spacial score (nSPS) is 11.5. The minimum absolute atomic E-state index is 0.181. The molecule has 0 aliphatic carbocycles. The van der Waals surface area contributed by atoms with Crippen LogP contribution in [0.25, 0.3) is 10.9 Å². The van der Waals surface area contributed by atoms with Crippen molar-refractivity contribution in [2.24, 2.45) is 0 Å². The van der Waals surface area contributed by atoms with Gasteiger partial charge in [-0.3, -0.25) is 0 Å². The number of hydrogen-bond acceptors (Lipinski definition) is 3. The van der Waals surface area contributed by atoms with E-state index in [0.29, 0.717) is 5.69 Å². The zero-order chi connectivity index (χ0) is 22.0. The number of esters is 1. The maximum Gasteiger partial charge on any atom is 0.416 e. The molecular weight excluding hydrogens is 405 g/mol. The first-order chi connectivity index (χ1) is 14.8. The van der Waals surface area contributed by atoms with Gasteiger partial charge in [0.1, 0.15) is 0 Å². The lowest BCUT2D eigenvalue weighted by molar-refractivity contribution is -0.137. The van der Waals surface area contributed by atoms with Crippen molar-refractivity contribution in [3.05, 3.63) is 95.7 Å². The van der Waals surface area contributed by atoms with Crippen LogP contribution >= 0.6 is 0 Å². The van der Waals surface area contributed by atoms with Crippen molar-refractivity contribution < 1.29 is 22.7 Å². The number of benzene rings is 3. The van der Waals surface area contributed by atoms with Crippen LogP contribution in [0.4, 0.5) is 24.5 Å². The van der Waals surface area contributed by atoms with Crippen molar-refractivity contribution >= 4 is 28.2 Å². The Labute approximate surface area is 176 Å². The number of nitrogens with one attached hydrogen (secondary N) is 1. The number of alkyl halides is 3. The van der Waals surface area contributed by atoms with Gasteiger partial charge in [0.25, 0.3) is 0 Å². The van der Waals surface area contributed by atoms with Crippen LogP contribution in [0.1, 0.15) is 21.5 Å². The second-order valence-electron chi connectivity index (χ2n) is 7.08. The molecule has 4 nitrogen and oxygen atoms in total. The highest BCUT2D eigenvalue weighted by atomic mass is 19.4. The topological polar surface area (TPSA) is 43.3 Å². The third kappa shape index (κ3) is 4.40. The maximum absolute atomic E-state index is 13.1. The molecule has 3 aromatic carbocycles. The monoisotopic (exact) mass is 424 g/mol. The van der Waals surface area contributed by atoms with Crippen LogP contribution in [0, 0.1) is 0 Å². The second-order valence-corrected chi connectivity index (χ2v) is 7.08. The Morgan fingerprint density at radius 2 is 1.77 bits per heavy atom. The number of aromatic nitrogens is 1. The zero-order valence-electron chi connectivity index (χ0n) is 16.6. The van der Waals surface area contributed by atoms with Gasteiger partial charge in [0.2, 0.25) is 0 Å². The third-order valence-electron chi connectivity index (χ3n) is 5.00. The number of anilines is 2. The van der Waals surface area contributed by atoms with Gasteiger partial charge in [-0.15, -0.1) is 0 Å². The first-order valence-electron chi connectivity index (χ1n) is 9.54. The van der Waals surface area contributed by atoms with Crippen LogP contribution < -0.4 is 5.32 Å². The lowest BCUT2D eigenvalue weighted by Gasteiger charge is -2.14. The smallest absolute Gasteiger partial charge is 0.416 e. The molecule has 0 aliphatic heterocycles. The second kappa shape index (κ2) is 8.18. The van der Waals surface area contributed by atoms with Crippen molar-refractivity contribution in [2.75, 3.05) is 12.4 Å². The fourth-order valence-electron chi connectivity index (χ4n) is 3.46. The Hall–Kier alpha value is -3.74. The van der Waals surface area contributed by atoms with Gasteiger partial charge in [0.15, 0.2) is 0 Å². The van der Waals surface area contributed by atoms with Crippen LogP contribution in [-0.4, -0.2) is 17.6 Å². The van der Waals surface area contributed by atoms with E-state index in [2.05, 4.69) is 26.8 Å². The Balaban J connectivity index is 1.63. The van der Waals surface area contributed by atoms with Gasteiger partial charge in [-0.25, -0.2) is 4.79 Å². The number of rotatable bonds is 5. The van der Waals surface area contributed by atoms with E-state index in [0.717, 1.165) is 36.7 Å². The van der Waals surface area contributed by atoms with Gasteiger partial charge in [-0.05, 0) is 48.0 Å². The highest BCUT2D eigenvalue weighted by Gasteiger charge is 2.32. The first kappa shape index (κ1) is 20.5. The van der Waals surface area contributed by atoms with Gasteiger partial charge in [0, 0.05) is 29.3 Å². The van der Waals surface area contributed by atoms with Crippen molar-refractivity contribution in [3.8, 4) is 0 Å². The molecular formula is C24H19F3N2O2. The highest BCUT2D eigenvalue weighted by molar-refractivity contribution is 5.97. The molecule has 31 heavy (non-hydrogen) atoms. The molecule has 0 amide bonds. The van der Waals surface area contributed by atoms with E-state index < -0.39 is 17.7 Å². The molecule has 0 bridgehead atoms. The Bertz CT molecular complexity index is 1230. The quantitative estimate of drug-likeness (QED) is 0.386. The summed E-state index contributed by atoms with van der Waals surface area (Å²) in [6, 6.07) is 20.6. The number of hydrogen-bond donors (Lipinski definition) is 1. The van der Waals surface area contributed by atoms with Gasteiger partial charge in [0.05, 0.1) is 23.9 Å². The summed E-state index contributed by atoms with van der Waals surface area (Å²) < 4.78 is 45.9. The first-order valence-corrected chi connectivity index (χ1v) is 9.54. The van der Waals surface area contributed by atoms with Crippen molar-refractivity contribution in [1.82, 2.24) is 4.57 Å². The predicted octanol–water partition coefficient (Wildman–Crippen LogP) is 6.24. The number of ether oxygens (including phenoxy) is 1. The van der Waals surface area contributed by atoms with Gasteiger partial charge < -0.3 is 14.6 Å². The SMILES string of the molecule is COC(=O)c1cc(C(F)(F)F)ccc1Nc1ccc2c(ccn2Cc2ccccc2)c1. The average Bonchev–Trinajstić information content (AvgIpc) is 3.15. The van der Waals surface area contributed by atoms with E-state index in [1.165, 1.54) is 11.6 Å². The zero-order valence-corrected chi connectivity index (χ0v) is 16.6. The molecule has 4 rings (SSSR count). The lowest BCUT2D eigenvalue weighted by atomic mass is 10.1. The molecule has 0 spiro atoms. The Morgan fingerprint density at radius 1 is 1.00 bits per heavy atom. The summed E-state index contributed by atoms with van der Waals surface area (Å²) in [5.41, 5.74) is 1.99. The molecule has 0 saturated carbocycles. The Morgan fingerprint density at radius 3 is 2.48 bits per heavy atom. The van der Waals surface area contributed by atoms with E-state index in [1.54, 1.807) is 0 Å². The van der Waals surface area contributed by atoms with Crippen LogP contribution in [0.15, 0.2) is 79.0 Å². The van der Waals surface area contributed by atoms with Crippen LogP contribution in [0.3, 0.4) is 0 Å². The van der Waals surface area contributed by atoms with Crippen molar-refractivity contribution in [2.45, 2.75) is 12.7 Å². The number of carbonyl (C=O) groups is 1. The number of fused-ring (bicyclic) bond motifs is 1. The molecule has 1 aromatic heterocycles. The van der Waals surface area contributed by atoms with E-state index in [4.69, 9.17) is 0 Å². The molecule has 1 N–H and O–H groups in total. The molecule has 0 atom stereocenters. The summed E-state index contributed by atoms with van der Waals surface area (Å²) in [6.07, 6.45) is -2.57. The summed E-state index contributed by atoms with van der Waals surface area (Å²) in [5.74, 6) is -0.844. The molecule has 158 valence electrons. The molecule has 0 fully saturated rings. The summed E-state index contributed by atoms with van der Waals surface area (Å²) in [6.45, 7) is 0.725. The number of methoxy groups -OCH3 is 1. The molecule has 0 aliphatic rings. The van der Waals surface area contributed by atoms with Crippen LogP contribution in [-0.2, 0) is 17.5 Å². The summed E-state index contributed by atoms with van der Waals surface area (Å²) in [7, 11) is 1.13. The van der Waals surface area contributed by atoms with Crippen molar-refractivity contribution in [1.29, 1.82) is 0 Å². The van der Waals surface area contributed by atoms with E-state index in [9.17, 15) is 18.0 Å². The minimum atomic E-state index is -4.55. The van der Waals surface area contributed by atoms with E-state index >= 15 is 0 Å². The van der Waals surface area contributed by atoms with Gasteiger partial charge in [-0.1, -0.05) is 30.3 Å². The highest BCUT2D eigenvalue weighted by Crippen LogP contribution is 2.33. The maximum atomic E-state index is 13.1. The largest absolute Gasteiger partial charge is 0.465 e. The summed E-state index contributed by atoms with van der Waals surface area (Å²) >= 11 is 0. The number of carbonyl (C=O) groups excluding carboxylic acids is 1. The lowest BCUT2D eigenvalue weighted by Crippen LogP contribution is -2.11. The fourth-order valence-corrected chi connectivity index (χ4v) is 3.46. The van der Waals surface area contributed by atoms with E-state index in [-0.39, 0.29) is 11.3 Å². The Kier molecular flexibility index (Phi) is 5.42. The molecule has 4 aromatic rings. The van der Waals surface area contributed by atoms with Gasteiger partial charge >= 0.3 is 12.1 Å². The van der Waals surface area contributed by atoms with Crippen LogP contribution in [0.2, 0.25) is 0 Å². The van der Waals surface area contributed by atoms with Crippen molar-refractivity contribution in [3.63, 3.8) is 0 Å². The molecule has 0 radical (unpaired) electrons. The van der Waals surface area contributed by atoms with Crippen LogP contribution in [0.5, 0.6) is 0 Å². The molecule has 7 heteroatoms. The van der Waals surface area contributed by atoms with E-state index in [1.807, 2.05) is 48.7 Å². The average molecular weight is 424 g/mol. The third-order valence-corrected chi connectivity index (χ3v) is 5.00. The predicted molar refractivity (Wildman–Crippen MR) is 114 cm³/mol. The molecule has 0 unspecified atom stereocenters. The summed E-state index contributed by atoms with van der Waals surface area (Å²) in [4.78, 5) is 12.1. The molecule has 0 saturated heterocycles. The molecule has 1 heterocycles.